The van der Waals surface area contributed by atoms with Gasteiger partial charge in [-0.25, -0.2) is 42.1 Å². The zero-order chi connectivity index (χ0) is 37.7. The molecule has 281 valence electrons. The highest BCUT2D eigenvalue weighted by molar-refractivity contribution is 7.87. The predicted octanol–water partition coefficient (Wildman–Crippen LogP) is -3.14. The fourth-order valence-electron chi connectivity index (χ4n) is 4.71. The zero-order valence-electron chi connectivity index (χ0n) is 25.0. The van der Waals surface area contributed by atoms with E-state index in [1.54, 1.807) is 0 Å². The Kier molecular flexibility index (Phi) is 11.4. The van der Waals surface area contributed by atoms with E-state index in [4.69, 9.17) is 22.8 Å². The number of phosphoric acid groups is 3. The Balaban J connectivity index is 1.14. The number of phosphoric ester groups is 2. The Morgan fingerprint density at radius 1 is 0.804 bits per heavy atom. The van der Waals surface area contributed by atoms with Gasteiger partial charge < -0.3 is 62.4 Å². The molecule has 2 fully saturated rings. The van der Waals surface area contributed by atoms with E-state index in [1.165, 1.54) is 0 Å². The van der Waals surface area contributed by atoms with Gasteiger partial charge in [0.05, 0.1) is 27.0 Å². The minimum Gasteiger partial charge on any atom is -0.442 e. The summed E-state index contributed by atoms with van der Waals surface area (Å²) in [5, 5.41) is 41.3. The van der Waals surface area contributed by atoms with Crippen LogP contribution in [0.1, 0.15) is 12.5 Å². The van der Waals surface area contributed by atoms with Gasteiger partial charge in [-0.3, -0.25) is 28.0 Å². The SMILES string of the molecule is [B-]P(=O)(OP(=O)(O)OC[C@H]1O[C@@H](n2ccc(=O)[nH]c2=O)[C@H](O)[C@@H]1O)OP(=O)(O)OP(=O)(O)OC[C@H]1O[C@@H](n2cnc3c(N)ncnc32)[C@H](O)[C@@H]1O. The number of fused-ring (bicyclic) bond motifs is 1. The summed E-state index contributed by atoms with van der Waals surface area (Å²) in [6, 6.07) is 0.890. The third-order valence-corrected chi connectivity index (χ3v) is 13.0. The van der Waals surface area contributed by atoms with Crippen molar-refractivity contribution in [2.75, 3.05) is 18.9 Å². The molecule has 10 N–H and O–H groups in total. The van der Waals surface area contributed by atoms with Gasteiger partial charge in [0.1, 0.15) is 48.5 Å². The van der Waals surface area contributed by atoms with Crippen LogP contribution < -0.4 is 17.0 Å². The fourth-order valence-corrected chi connectivity index (χ4v) is 9.87. The second-order valence-electron chi connectivity index (χ2n) is 10.5. The first-order valence-corrected chi connectivity index (χ1v) is 19.8. The molecule has 3 aromatic rings. The monoisotopic (exact) mass is 807 g/mol. The molecule has 3 radical (unpaired) electrons. The molecule has 0 saturated carbocycles. The second kappa shape index (κ2) is 14.7. The van der Waals surface area contributed by atoms with Gasteiger partial charge in [0.25, 0.3) is 5.56 Å². The molecule has 2 aliphatic rings. The van der Waals surface area contributed by atoms with E-state index in [2.05, 4.69) is 36.9 Å². The molecule has 0 aliphatic carbocycles. The molecule has 27 nitrogen and oxygen atoms in total. The number of nitrogens with one attached hydrogen (secondary N) is 1. The maximum atomic E-state index is 12.5. The van der Waals surface area contributed by atoms with Crippen molar-refractivity contribution in [1.29, 1.82) is 0 Å². The van der Waals surface area contributed by atoms with Gasteiger partial charge in [-0.15, -0.1) is 0 Å². The van der Waals surface area contributed by atoms with E-state index < -0.39 is 104 Å². The molecule has 0 spiro atoms. The number of H-pyrrole nitrogens is 1. The standard InChI is InChI=1S/C19H26BN7O20P4/c20-48(34,45-49(35,36)41-3-7-11(29)13(31)17(43-7)26-2-1-9(28)25-19(26)33)46-51(39,40)47-50(37,38)42-4-8-12(30)14(32)18(44-8)27-6-24-10-15(21)22-5-23-16(10)27/h1-2,5-8,11-14,17-18,29-32H,3-4H2,(H,35,36)(H,37,38)(H,39,40)(H2,21,22,23)(H,25,28,33)/q-1/t7-,8-,11-,12-,13-,14-,17-,18-,48?/m1/s1. The smallest absolute Gasteiger partial charge is 0.442 e. The minimum absolute atomic E-state index is 0.0139. The quantitative estimate of drug-likeness (QED) is 0.0574. The summed E-state index contributed by atoms with van der Waals surface area (Å²) < 4.78 is 83.1. The van der Waals surface area contributed by atoms with Crippen molar-refractivity contribution in [3.05, 3.63) is 45.8 Å². The van der Waals surface area contributed by atoms with E-state index in [0.29, 0.717) is 4.57 Å². The van der Waals surface area contributed by atoms with Crippen molar-refractivity contribution >= 4 is 55.5 Å². The lowest BCUT2D eigenvalue weighted by atomic mass is 10.1. The number of rotatable bonds is 14. The van der Waals surface area contributed by atoms with Crippen molar-refractivity contribution in [3.8, 4) is 0 Å². The van der Waals surface area contributed by atoms with Gasteiger partial charge in [0, 0.05) is 12.3 Å². The molecule has 2 aliphatic heterocycles. The number of imidazole rings is 1. The highest BCUT2D eigenvalue weighted by Crippen LogP contribution is 2.71. The molecule has 5 heterocycles. The number of nitrogen functional groups attached to an aromatic ring is 1. The Morgan fingerprint density at radius 2 is 1.33 bits per heavy atom. The van der Waals surface area contributed by atoms with Crippen molar-refractivity contribution in [2.45, 2.75) is 49.1 Å². The Bertz CT molecular complexity index is 2080. The summed E-state index contributed by atoms with van der Waals surface area (Å²) in [6.45, 7) is -2.23. The van der Waals surface area contributed by atoms with Gasteiger partial charge >= 0.3 is 29.2 Å². The van der Waals surface area contributed by atoms with Gasteiger partial charge in [-0.2, -0.15) is 4.31 Å². The molecule has 3 aromatic heterocycles. The number of ether oxygens (including phenoxy) is 2. The number of aromatic nitrogens is 6. The first-order chi connectivity index (χ1) is 23.6. The first-order valence-electron chi connectivity index (χ1n) is 13.7. The average molecular weight is 807 g/mol. The number of aliphatic hydroxyl groups excluding tert-OH is 4. The topological polar surface area (TPSA) is 399 Å². The molecule has 0 aromatic carbocycles. The highest BCUT2D eigenvalue weighted by atomic mass is 31.3. The van der Waals surface area contributed by atoms with Gasteiger partial charge in [0.2, 0.25) is 0 Å². The van der Waals surface area contributed by atoms with Crippen LogP contribution in [-0.4, -0.2) is 122 Å². The number of nitrogens with two attached hydrogens (primary N) is 1. The first kappa shape index (κ1) is 39.7. The molecular weight excluding hydrogens is 781 g/mol. The van der Waals surface area contributed by atoms with Crippen LogP contribution in [-0.2, 0) is 49.7 Å². The van der Waals surface area contributed by atoms with Gasteiger partial charge in [0.15, 0.2) is 23.9 Å². The van der Waals surface area contributed by atoms with Crippen LogP contribution >= 0.6 is 30.9 Å². The van der Waals surface area contributed by atoms with E-state index in [-0.39, 0.29) is 17.0 Å². The highest BCUT2D eigenvalue weighted by Gasteiger charge is 2.48. The molecule has 4 unspecified atom stereocenters. The third kappa shape index (κ3) is 9.16. The summed E-state index contributed by atoms with van der Waals surface area (Å²) in [6.07, 6.45) is -10.4. The van der Waals surface area contributed by atoms with Gasteiger partial charge in [-0.1, -0.05) is 0 Å². The normalized spacial score (nSPS) is 31.5. The van der Waals surface area contributed by atoms with Crippen molar-refractivity contribution < 1.29 is 84.8 Å². The maximum Gasteiger partial charge on any atom is 0.485 e. The van der Waals surface area contributed by atoms with E-state index in [0.717, 1.165) is 29.5 Å². The van der Waals surface area contributed by atoms with Gasteiger partial charge in [-0.05, 0) is 0 Å². The molecule has 12 atom stereocenters. The zero-order valence-corrected chi connectivity index (χ0v) is 28.5. The molecule has 2 saturated heterocycles. The number of nitrogens with zero attached hydrogens (tertiary/aromatic N) is 5. The Morgan fingerprint density at radius 3 is 1.90 bits per heavy atom. The van der Waals surface area contributed by atoms with Crippen LogP contribution in [0.15, 0.2) is 34.5 Å². The van der Waals surface area contributed by atoms with Crippen LogP contribution in [0.2, 0.25) is 0 Å². The lowest BCUT2D eigenvalue weighted by Crippen LogP contribution is -2.37. The lowest BCUT2D eigenvalue weighted by molar-refractivity contribution is -0.0540. The lowest BCUT2D eigenvalue weighted by Gasteiger charge is -2.29. The van der Waals surface area contributed by atoms with Crippen LogP contribution in [0.25, 0.3) is 11.2 Å². The van der Waals surface area contributed by atoms with Crippen LogP contribution in [0.5, 0.6) is 0 Å². The number of hydrogen-bond donors (Lipinski definition) is 9. The molecule has 0 bridgehead atoms. The van der Waals surface area contributed by atoms with Crippen molar-refractivity contribution in [3.63, 3.8) is 0 Å². The van der Waals surface area contributed by atoms with Crippen LogP contribution in [0.4, 0.5) is 5.82 Å². The second-order valence-corrected chi connectivity index (χ2v) is 16.8. The number of hydrogen-bond acceptors (Lipinski definition) is 21. The fraction of sp³-hybridized carbons (Fsp3) is 0.526. The van der Waals surface area contributed by atoms with Crippen molar-refractivity contribution in [1.82, 2.24) is 29.1 Å². The Hall–Kier alpha value is -2.55. The summed E-state index contributed by atoms with van der Waals surface area (Å²) in [7, 11) is -18.2. The number of anilines is 1. The number of aromatic amines is 1. The third-order valence-electron chi connectivity index (χ3n) is 6.91. The minimum atomic E-state index is -6.09. The van der Waals surface area contributed by atoms with Crippen LogP contribution in [0, 0.1) is 0 Å². The van der Waals surface area contributed by atoms with E-state index in [9.17, 15) is 63.0 Å². The largest absolute Gasteiger partial charge is 0.485 e. The summed E-state index contributed by atoms with van der Waals surface area (Å²) in [5.74, 6) is -0.0139. The summed E-state index contributed by atoms with van der Waals surface area (Å²) in [4.78, 5) is 66.6. The maximum absolute atomic E-state index is 12.5. The molecule has 0 amide bonds. The molecule has 51 heavy (non-hydrogen) atoms. The summed E-state index contributed by atoms with van der Waals surface area (Å²) >= 11 is 0. The predicted molar refractivity (Wildman–Crippen MR) is 161 cm³/mol. The van der Waals surface area contributed by atoms with Crippen LogP contribution in [0.3, 0.4) is 0 Å². The molecule has 5 rings (SSSR count). The van der Waals surface area contributed by atoms with E-state index >= 15 is 0 Å². The van der Waals surface area contributed by atoms with E-state index in [1.807, 2.05) is 4.98 Å². The molecular formula is C19H26BN7O20P4-. The summed E-state index contributed by atoms with van der Waals surface area (Å²) in [5.41, 5.74) is 4.08. The average Bonchev–Trinajstić information content (AvgIpc) is 3.64. The number of aliphatic hydroxyl groups is 4. The van der Waals surface area contributed by atoms with Crippen molar-refractivity contribution in [2.24, 2.45) is 0 Å². The molecule has 32 heteroatoms. The Labute approximate surface area is 283 Å².